The van der Waals surface area contributed by atoms with Gasteiger partial charge in [0.05, 0.1) is 0 Å². The van der Waals surface area contributed by atoms with Crippen LogP contribution in [-0.4, -0.2) is 24.1 Å². The van der Waals surface area contributed by atoms with E-state index in [1.54, 1.807) is 12.3 Å². The molecule has 0 amide bonds. The molecule has 1 atom stereocenters. The maximum atomic E-state index is 14.5. The van der Waals surface area contributed by atoms with Gasteiger partial charge < -0.3 is 16.4 Å². The van der Waals surface area contributed by atoms with Crippen molar-refractivity contribution in [3.63, 3.8) is 0 Å². The lowest BCUT2D eigenvalue weighted by Crippen LogP contribution is -2.38. The first-order valence-electron chi connectivity index (χ1n) is 9.04. The molecular weight excluding hydrogens is 327 g/mol. The highest BCUT2D eigenvalue weighted by Crippen LogP contribution is 2.35. The fraction of sp³-hybridized carbons (Fsp3) is 0.286. The van der Waals surface area contributed by atoms with Crippen molar-refractivity contribution in [1.82, 2.24) is 10.3 Å². The molecule has 5 heteroatoms. The van der Waals surface area contributed by atoms with Gasteiger partial charge in [0.25, 0.3) is 0 Å². The number of hydrogen-bond acceptors (Lipinski definition) is 4. The number of fused-ring (bicyclic) bond motifs is 1. The molecule has 1 saturated heterocycles. The van der Waals surface area contributed by atoms with Gasteiger partial charge in [0.2, 0.25) is 0 Å². The molecule has 0 bridgehead atoms. The Bertz CT molecular complexity index is 928. The molecule has 4 rings (SSSR count). The van der Waals surface area contributed by atoms with Crippen molar-refractivity contribution < 1.29 is 4.39 Å². The summed E-state index contributed by atoms with van der Waals surface area (Å²) in [5.74, 6) is 0.273. The van der Waals surface area contributed by atoms with E-state index in [1.165, 1.54) is 6.07 Å². The summed E-state index contributed by atoms with van der Waals surface area (Å²) < 4.78 is 14.5. The predicted molar refractivity (Wildman–Crippen MR) is 106 cm³/mol. The van der Waals surface area contributed by atoms with Crippen LogP contribution in [-0.2, 0) is 0 Å². The summed E-state index contributed by atoms with van der Waals surface area (Å²) >= 11 is 0. The Balaban J connectivity index is 1.86. The van der Waals surface area contributed by atoms with Crippen molar-refractivity contribution in [2.24, 2.45) is 0 Å². The molecule has 0 aliphatic carbocycles. The molecule has 2 aromatic carbocycles. The molecule has 26 heavy (non-hydrogen) atoms. The second kappa shape index (κ2) is 6.92. The van der Waals surface area contributed by atoms with Crippen LogP contribution in [0.2, 0.25) is 0 Å². The summed E-state index contributed by atoms with van der Waals surface area (Å²) in [4.78, 5) is 4.22. The molecule has 4 nitrogen and oxygen atoms in total. The van der Waals surface area contributed by atoms with Gasteiger partial charge in [-0.05, 0) is 61.7 Å². The van der Waals surface area contributed by atoms with Gasteiger partial charge in [-0.1, -0.05) is 12.1 Å². The van der Waals surface area contributed by atoms with Gasteiger partial charge in [-0.15, -0.1) is 0 Å². The van der Waals surface area contributed by atoms with Crippen molar-refractivity contribution in [2.45, 2.75) is 25.8 Å². The monoisotopic (exact) mass is 350 g/mol. The highest BCUT2D eigenvalue weighted by molar-refractivity contribution is 5.98. The van der Waals surface area contributed by atoms with E-state index in [0.29, 0.717) is 17.4 Å². The Morgan fingerprint density at radius 1 is 1.27 bits per heavy atom. The summed E-state index contributed by atoms with van der Waals surface area (Å²) in [6, 6.07) is 11.4. The molecular formula is C21H23FN4. The van der Waals surface area contributed by atoms with Crippen molar-refractivity contribution in [3.8, 4) is 11.1 Å². The number of nitrogens with zero attached hydrogens (tertiary/aromatic N) is 1. The fourth-order valence-corrected chi connectivity index (χ4v) is 3.73. The zero-order valence-corrected chi connectivity index (χ0v) is 14.8. The number of nitrogen functional groups attached to an aromatic ring is 1. The predicted octanol–water partition coefficient (Wildman–Crippen LogP) is 4.10. The van der Waals surface area contributed by atoms with Gasteiger partial charge in [0.15, 0.2) is 0 Å². The van der Waals surface area contributed by atoms with Crippen LogP contribution >= 0.6 is 0 Å². The first-order valence-corrected chi connectivity index (χ1v) is 9.04. The highest BCUT2D eigenvalue weighted by Gasteiger charge is 2.16. The molecule has 3 aromatic rings. The number of hydrogen-bond donors (Lipinski definition) is 3. The average Bonchev–Trinajstić information content (AvgIpc) is 2.63. The lowest BCUT2D eigenvalue weighted by atomic mass is 9.96. The van der Waals surface area contributed by atoms with Gasteiger partial charge in [-0.25, -0.2) is 9.37 Å². The third kappa shape index (κ3) is 3.22. The number of nitrogens with one attached hydrogen (secondary N) is 2. The van der Waals surface area contributed by atoms with Crippen LogP contribution in [0.4, 0.5) is 15.9 Å². The zero-order chi connectivity index (χ0) is 18.1. The number of piperidine rings is 1. The van der Waals surface area contributed by atoms with E-state index >= 15 is 0 Å². The van der Waals surface area contributed by atoms with E-state index in [0.717, 1.165) is 53.5 Å². The van der Waals surface area contributed by atoms with Crippen molar-refractivity contribution in [3.05, 3.63) is 54.0 Å². The topological polar surface area (TPSA) is 63.0 Å². The fourth-order valence-electron chi connectivity index (χ4n) is 3.73. The van der Waals surface area contributed by atoms with E-state index in [9.17, 15) is 4.39 Å². The third-order valence-corrected chi connectivity index (χ3v) is 5.02. The zero-order valence-electron chi connectivity index (χ0n) is 14.8. The van der Waals surface area contributed by atoms with Crippen LogP contribution in [0.5, 0.6) is 0 Å². The Morgan fingerprint density at radius 3 is 2.92 bits per heavy atom. The third-order valence-electron chi connectivity index (χ3n) is 5.02. The molecule has 134 valence electrons. The summed E-state index contributed by atoms with van der Waals surface area (Å²) in [6.07, 6.45) is 4.01. The molecule has 0 spiro atoms. The summed E-state index contributed by atoms with van der Waals surface area (Å²) in [5.41, 5.74) is 9.29. The van der Waals surface area contributed by atoms with Gasteiger partial charge in [-0.3, -0.25) is 0 Å². The first-order chi connectivity index (χ1) is 12.6. The van der Waals surface area contributed by atoms with Gasteiger partial charge in [0, 0.05) is 40.8 Å². The molecule has 1 aromatic heterocycles. The number of rotatable bonds is 3. The van der Waals surface area contributed by atoms with E-state index < -0.39 is 0 Å². The second-order valence-electron chi connectivity index (χ2n) is 6.97. The average molecular weight is 350 g/mol. The molecule has 1 fully saturated rings. The first kappa shape index (κ1) is 16.8. The van der Waals surface area contributed by atoms with Gasteiger partial charge in [-0.2, -0.15) is 0 Å². The molecule has 2 heterocycles. The normalized spacial score (nSPS) is 17.4. The van der Waals surface area contributed by atoms with Crippen LogP contribution in [0.15, 0.2) is 42.6 Å². The van der Waals surface area contributed by atoms with Crippen LogP contribution in [0.25, 0.3) is 21.9 Å². The minimum absolute atomic E-state index is 0.210. The molecule has 1 aliphatic heterocycles. The van der Waals surface area contributed by atoms with Crippen molar-refractivity contribution in [2.75, 3.05) is 24.1 Å². The van der Waals surface area contributed by atoms with E-state index in [2.05, 4.69) is 15.6 Å². The maximum absolute atomic E-state index is 14.5. The Kier molecular flexibility index (Phi) is 4.47. The molecule has 4 N–H and O–H groups in total. The smallest absolute Gasteiger partial charge is 0.131 e. The van der Waals surface area contributed by atoms with Crippen LogP contribution in [0.3, 0.4) is 0 Å². The van der Waals surface area contributed by atoms with E-state index in [4.69, 9.17) is 5.73 Å². The number of halogens is 1. The summed E-state index contributed by atoms with van der Waals surface area (Å²) in [5, 5.41) is 9.02. The molecule has 0 saturated carbocycles. The minimum atomic E-state index is -0.210. The number of benzene rings is 2. The van der Waals surface area contributed by atoms with Crippen LogP contribution in [0, 0.1) is 12.7 Å². The number of aryl methyl sites for hydroxylation is 1. The largest absolute Gasteiger partial charge is 0.384 e. The van der Waals surface area contributed by atoms with Gasteiger partial charge >= 0.3 is 0 Å². The quantitative estimate of drug-likeness (QED) is 0.666. The number of pyridine rings is 1. The lowest BCUT2D eigenvalue weighted by molar-refractivity contribution is 0.480. The molecule has 1 unspecified atom stereocenters. The number of anilines is 2. The van der Waals surface area contributed by atoms with Crippen LogP contribution in [0.1, 0.15) is 18.4 Å². The Labute approximate surface area is 152 Å². The maximum Gasteiger partial charge on any atom is 0.131 e. The van der Waals surface area contributed by atoms with Crippen LogP contribution < -0.4 is 16.4 Å². The number of aromatic nitrogens is 1. The second-order valence-corrected chi connectivity index (χ2v) is 6.97. The summed E-state index contributed by atoms with van der Waals surface area (Å²) in [7, 11) is 0. The number of nitrogens with two attached hydrogens (primary N) is 1. The Hall–Kier alpha value is -2.66. The molecule has 1 aliphatic rings. The van der Waals surface area contributed by atoms with Gasteiger partial charge in [0.1, 0.15) is 11.6 Å². The highest BCUT2D eigenvalue weighted by atomic mass is 19.1. The van der Waals surface area contributed by atoms with E-state index in [1.807, 2.05) is 31.2 Å². The Morgan fingerprint density at radius 2 is 2.15 bits per heavy atom. The minimum Gasteiger partial charge on any atom is -0.384 e. The van der Waals surface area contributed by atoms with Crippen molar-refractivity contribution in [1.29, 1.82) is 0 Å². The summed E-state index contributed by atoms with van der Waals surface area (Å²) in [6.45, 7) is 3.91. The standard InChI is InChI=1S/C21H23FN4/c1-13-4-2-6-18(22)21(13)14-8-15-11-25-20(23)10-17(15)19(9-14)26-16-5-3-7-24-12-16/h2,4,6,8-11,16,24,26H,3,5,7,12H2,1H3,(H2,23,25). The molecule has 0 radical (unpaired) electrons. The van der Waals surface area contributed by atoms with Crippen molar-refractivity contribution >= 4 is 22.3 Å². The SMILES string of the molecule is Cc1cccc(F)c1-c1cc(NC2CCCNC2)c2cc(N)ncc2c1. The van der Waals surface area contributed by atoms with E-state index in [-0.39, 0.29) is 5.82 Å². The lowest BCUT2D eigenvalue weighted by Gasteiger charge is -2.26.